The van der Waals surface area contributed by atoms with Gasteiger partial charge in [0.25, 0.3) is 0 Å². The molecule has 8 heteroatoms. The molecule has 58 heavy (non-hydrogen) atoms. The first-order valence-corrected chi connectivity index (χ1v) is 21.8. The number of hydrogen-bond acceptors (Lipinski definition) is 8. The molecular weight excluding hydrogens is 729 g/mol. The van der Waals surface area contributed by atoms with Crippen LogP contribution in [0.25, 0.3) is 0 Å². The van der Waals surface area contributed by atoms with Crippen molar-refractivity contribution in [2.75, 3.05) is 6.61 Å². The highest BCUT2D eigenvalue weighted by Crippen LogP contribution is 2.67. The SMILES string of the molecule is CCOc1ccc(C(=O)Oc2ccc(OC(=O)c3ccc(OC(=O)OC4CC[C@]5(C)C(C=C[C@@H]6[C@H]7CC[C@@H]([C@@H](C)CCCC(C)C)[C@]7(C)CC[C@H]65)C4)cc3)cc2)cc1. The number of carbonyl (C=O) groups excluding carboxylic acids is 3. The number of carbonyl (C=O) groups is 3. The predicted molar refractivity (Wildman–Crippen MR) is 224 cm³/mol. The zero-order chi connectivity index (χ0) is 41.0. The summed E-state index contributed by atoms with van der Waals surface area (Å²) in [5, 5.41) is 0. The van der Waals surface area contributed by atoms with Gasteiger partial charge in [0.1, 0.15) is 29.1 Å². The molecule has 310 valence electrons. The van der Waals surface area contributed by atoms with Crippen LogP contribution in [0, 0.1) is 52.3 Å². The number of allylic oxidation sites excluding steroid dienone is 2. The summed E-state index contributed by atoms with van der Waals surface area (Å²) in [4.78, 5) is 38.4. The topological polar surface area (TPSA) is 97.4 Å². The molecule has 0 radical (unpaired) electrons. The normalized spacial score (nSPS) is 29.0. The number of ether oxygens (including phenoxy) is 5. The minimum Gasteiger partial charge on any atom is -0.494 e. The van der Waals surface area contributed by atoms with Crippen molar-refractivity contribution < 1.29 is 38.1 Å². The van der Waals surface area contributed by atoms with Gasteiger partial charge in [-0.3, -0.25) is 0 Å². The third-order valence-electron chi connectivity index (χ3n) is 14.5. The van der Waals surface area contributed by atoms with Crippen LogP contribution in [-0.2, 0) is 4.74 Å². The van der Waals surface area contributed by atoms with E-state index >= 15 is 0 Å². The van der Waals surface area contributed by atoms with Gasteiger partial charge in [-0.05, 0) is 177 Å². The average Bonchev–Trinajstić information content (AvgIpc) is 3.56. The third-order valence-corrected chi connectivity index (χ3v) is 14.5. The van der Waals surface area contributed by atoms with E-state index in [-0.39, 0.29) is 28.6 Å². The molecule has 9 atom stereocenters. The van der Waals surface area contributed by atoms with E-state index in [1.807, 2.05) is 6.92 Å². The highest BCUT2D eigenvalue weighted by Gasteiger charge is 2.59. The summed E-state index contributed by atoms with van der Waals surface area (Å²) in [7, 11) is 0. The summed E-state index contributed by atoms with van der Waals surface area (Å²) < 4.78 is 27.8. The van der Waals surface area contributed by atoms with E-state index in [4.69, 9.17) is 23.7 Å². The maximum atomic E-state index is 13.0. The fraction of sp³-hybridized carbons (Fsp3) is 0.540. The van der Waals surface area contributed by atoms with Gasteiger partial charge in [0.15, 0.2) is 0 Å². The van der Waals surface area contributed by atoms with Crippen LogP contribution < -0.4 is 18.9 Å². The van der Waals surface area contributed by atoms with Gasteiger partial charge in [-0.1, -0.05) is 66.0 Å². The molecule has 0 saturated heterocycles. The summed E-state index contributed by atoms with van der Waals surface area (Å²) in [6.45, 7) is 14.8. The highest BCUT2D eigenvalue weighted by molar-refractivity contribution is 5.92. The van der Waals surface area contributed by atoms with Gasteiger partial charge in [0, 0.05) is 0 Å². The predicted octanol–water partition coefficient (Wildman–Crippen LogP) is 12.3. The lowest BCUT2D eigenvalue weighted by Crippen LogP contribution is -2.52. The monoisotopic (exact) mass is 790 g/mol. The molecule has 3 saturated carbocycles. The largest absolute Gasteiger partial charge is 0.514 e. The third kappa shape index (κ3) is 9.01. The van der Waals surface area contributed by atoms with Crippen LogP contribution in [0.1, 0.15) is 126 Å². The Hall–Kier alpha value is -4.59. The summed E-state index contributed by atoms with van der Waals surface area (Å²) in [6, 6.07) is 19.1. The lowest BCUT2D eigenvalue weighted by molar-refractivity contribution is -0.0852. The second-order valence-electron chi connectivity index (χ2n) is 18.4. The summed E-state index contributed by atoms with van der Waals surface area (Å²) >= 11 is 0. The van der Waals surface area contributed by atoms with Crippen LogP contribution in [0.15, 0.2) is 84.9 Å². The van der Waals surface area contributed by atoms with Crippen molar-refractivity contribution in [3.8, 4) is 23.0 Å². The van der Waals surface area contributed by atoms with Crippen molar-refractivity contribution in [2.24, 2.45) is 52.3 Å². The van der Waals surface area contributed by atoms with Crippen molar-refractivity contribution >= 4 is 18.1 Å². The molecule has 4 aliphatic rings. The summed E-state index contributed by atoms with van der Waals surface area (Å²) in [6.07, 6.45) is 16.3. The Morgan fingerprint density at radius 2 is 1.21 bits per heavy atom. The summed E-state index contributed by atoms with van der Waals surface area (Å²) in [5.74, 6) is 5.40. The van der Waals surface area contributed by atoms with Crippen molar-refractivity contribution in [1.29, 1.82) is 0 Å². The molecule has 8 nitrogen and oxygen atoms in total. The first kappa shape index (κ1) is 41.6. The van der Waals surface area contributed by atoms with E-state index < -0.39 is 18.1 Å². The van der Waals surface area contributed by atoms with E-state index in [2.05, 4.69) is 46.8 Å². The lowest BCUT2D eigenvalue weighted by Gasteiger charge is -2.59. The van der Waals surface area contributed by atoms with E-state index in [1.165, 1.54) is 44.9 Å². The lowest BCUT2D eigenvalue weighted by atomic mass is 9.46. The van der Waals surface area contributed by atoms with Gasteiger partial charge in [0.05, 0.1) is 17.7 Å². The molecule has 0 spiro atoms. The smallest absolute Gasteiger partial charge is 0.494 e. The fourth-order valence-electron chi connectivity index (χ4n) is 11.4. The molecule has 3 aromatic rings. The average molecular weight is 791 g/mol. The maximum Gasteiger partial charge on any atom is 0.514 e. The van der Waals surface area contributed by atoms with Crippen LogP contribution in [0.3, 0.4) is 0 Å². The number of hydrogen-bond donors (Lipinski definition) is 0. The quantitative estimate of drug-likeness (QED) is 0.0731. The summed E-state index contributed by atoms with van der Waals surface area (Å²) in [5.41, 5.74) is 1.34. The van der Waals surface area contributed by atoms with E-state index in [1.54, 1.807) is 72.8 Å². The van der Waals surface area contributed by atoms with Crippen molar-refractivity contribution in [3.05, 3.63) is 96.1 Å². The minimum atomic E-state index is -0.724. The molecule has 0 heterocycles. The van der Waals surface area contributed by atoms with Crippen LogP contribution in [0.4, 0.5) is 4.79 Å². The van der Waals surface area contributed by atoms with Crippen LogP contribution in [-0.4, -0.2) is 30.8 Å². The standard InChI is InChI=1S/C50H62O8/c1-7-54-37-16-11-34(12-17-37)46(51)55-38-20-22-39(23-21-38)56-47(52)35-13-18-40(19-14-35)57-48(53)58-41-27-29-49(5)36(31-41)15-24-42-44-26-25-43(33(4)10-8-9-32(2)3)50(44,6)30-28-45(42)49/h11-24,32-33,36,41-45H,7-10,25-31H2,1-6H3/t33-,36?,41?,42+,43-,44+,45+,49+,50-/m0/s1. The van der Waals surface area contributed by atoms with Gasteiger partial charge in [-0.25, -0.2) is 14.4 Å². The minimum absolute atomic E-state index is 0.195. The first-order chi connectivity index (χ1) is 27.9. The van der Waals surface area contributed by atoms with Crippen LogP contribution >= 0.6 is 0 Å². The zero-order valence-electron chi connectivity index (χ0n) is 35.2. The molecule has 0 bridgehead atoms. The Morgan fingerprint density at radius 1 is 0.655 bits per heavy atom. The van der Waals surface area contributed by atoms with Gasteiger partial charge >= 0.3 is 18.1 Å². The van der Waals surface area contributed by atoms with Gasteiger partial charge in [-0.15, -0.1) is 0 Å². The maximum absolute atomic E-state index is 13.0. The molecule has 3 aromatic carbocycles. The molecule has 7 rings (SSSR count). The molecule has 0 aromatic heterocycles. The first-order valence-electron chi connectivity index (χ1n) is 21.8. The Kier molecular flexibility index (Phi) is 12.7. The van der Waals surface area contributed by atoms with Crippen molar-refractivity contribution in [3.63, 3.8) is 0 Å². The van der Waals surface area contributed by atoms with E-state index in [9.17, 15) is 14.4 Å². The molecule has 0 amide bonds. The Balaban J connectivity index is 0.873. The van der Waals surface area contributed by atoms with Gasteiger partial charge in [-0.2, -0.15) is 0 Å². The van der Waals surface area contributed by atoms with E-state index in [0.29, 0.717) is 46.8 Å². The molecule has 0 aliphatic heterocycles. The van der Waals surface area contributed by atoms with Gasteiger partial charge in [0.2, 0.25) is 0 Å². The van der Waals surface area contributed by atoms with Crippen LogP contribution in [0.2, 0.25) is 0 Å². The Bertz CT molecular complexity index is 1920. The Morgan fingerprint density at radius 3 is 1.81 bits per heavy atom. The number of benzene rings is 3. The molecule has 4 aliphatic carbocycles. The molecule has 2 unspecified atom stereocenters. The molecule has 3 fully saturated rings. The number of fused-ring (bicyclic) bond motifs is 5. The van der Waals surface area contributed by atoms with Crippen molar-refractivity contribution in [2.45, 2.75) is 112 Å². The second kappa shape index (κ2) is 17.7. The van der Waals surface area contributed by atoms with Crippen molar-refractivity contribution in [1.82, 2.24) is 0 Å². The number of esters is 2. The van der Waals surface area contributed by atoms with Crippen LogP contribution in [0.5, 0.6) is 23.0 Å². The highest BCUT2D eigenvalue weighted by atomic mass is 16.7. The van der Waals surface area contributed by atoms with Gasteiger partial charge < -0.3 is 23.7 Å². The molecular formula is C50H62O8. The fourth-order valence-corrected chi connectivity index (χ4v) is 11.4. The van der Waals surface area contributed by atoms with E-state index in [0.717, 1.165) is 42.9 Å². The zero-order valence-corrected chi connectivity index (χ0v) is 35.2. The second-order valence-corrected chi connectivity index (χ2v) is 18.4. The Labute approximate surface area is 345 Å². The number of rotatable bonds is 13. The molecule has 0 N–H and O–H groups in total.